The van der Waals surface area contributed by atoms with Crippen molar-refractivity contribution in [2.24, 2.45) is 0 Å². The van der Waals surface area contributed by atoms with Crippen LogP contribution < -0.4 is 10.6 Å². The summed E-state index contributed by atoms with van der Waals surface area (Å²) in [7, 11) is 1.99. The number of nitrogens with two attached hydrogens (primary N) is 1. The molecule has 0 spiro atoms. The Balaban J connectivity index is 2.16. The molecule has 2 nitrogen and oxygen atoms in total. The summed E-state index contributed by atoms with van der Waals surface area (Å²) in [6.45, 7) is 2.50. The van der Waals surface area contributed by atoms with Crippen LogP contribution in [0.4, 0.5) is 15.8 Å². The Bertz CT molecular complexity index is 552. The number of aryl methyl sites for hydroxylation is 1. The van der Waals surface area contributed by atoms with E-state index in [2.05, 4.69) is 4.90 Å². The Hall–Kier alpha value is -2.03. The van der Waals surface area contributed by atoms with E-state index in [0.717, 1.165) is 23.5 Å². The second-order valence-corrected chi connectivity index (χ2v) is 4.53. The molecule has 0 saturated carbocycles. The predicted octanol–water partition coefficient (Wildman–Crippen LogP) is 3.35. The van der Waals surface area contributed by atoms with Crippen molar-refractivity contribution in [3.05, 3.63) is 59.4 Å². The van der Waals surface area contributed by atoms with Crippen molar-refractivity contribution >= 4 is 11.4 Å². The second-order valence-electron chi connectivity index (χ2n) is 4.53. The molecule has 3 heteroatoms. The molecule has 0 amide bonds. The van der Waals surface area contributed by atoms with Gasteiger partial charge >= 0.3 is 0 Å². The summed E-state index contributed by atoms with van der Waals surface area (Å²) in [5.41, 5.74) is 9.31. The number of nitrogen functional groups attached to an aromatic ring is 1. The molecule has 2 aromatic carbocycles. The predicted molar refractivity (Wildman–Crippen MR) is 74.1 cm³/mol. The first-order valence-electron chi connectivity index (χ1n) is 5.88. The smallest absolute Gasteiger partial charge is 0.126 e. The first-order valence-corrected chi connectivity index (χ1v) is 5.88. The van der Waals surface area contributed by atoms with Crippen LogP contribution >= 0.6 is 0 Å². The van der Waals surface area contributed by atoms with Gasteiger partial charge in [0.25, 0.3) is 0 Å². The van der Waals surface area contributed by atoms with Gasteiger partial charge in [-0.25, -0.2) is 4.39 Å². The number of halogens is 1. The van der Waals surface area contributed by atoms with Crippen LogP contribution in [-0.4, -0.2) is 7.05 Å². The average Bonchev–Trinajstić information content (AvgIpc) is 2.34. The monoisotopic (exact) mass is 244 g/mol. The number of anilines is 2. The van der Waals surface area contributed by atoms with Gasteiger partial charge in [0.15, 0.2) is 0 Å². The highest BCUT2D eigenvalue weighted by atomic mass is 19.1. The van der Waals surface area contributed by atoms with Gasteiger partial charge in [-0.15, -0.1) is 0 Å². The van der Waals surface area contributed by atoms with Crippen LogP contribution in [0.5, 0.6) is 0 Å². The maximum atomic E-state index is 13.2. The van der Waals surface area contributed by atoms with Crippen LogP contribution in [-0.2, 0) is 6.54 Å². The second kappa shape index (κ2) is 5.08. The van der Waals surface area contributed by atoms with E-state index in [1.54, 1.807) is 6.92 Å². The van der Waals surface area contributed by atoms with E-state index in [-0.39, 0.29) is 5.82 Å². The third-order valence-electron chi connectivity index (χ3n) is 2.95. The normalized spacial score (nSPS) is 10.4. The van der Waals surface area contributed by atoms with E-state index in [0.29, 0.717) is 5.56 Å². The van der Waals surface area contributed by atoms with Crippen molar-refractivity contribution in [1.82, 2.24) is 0 Å². The van der Waals surface area contributed by atoms with Gasteiger partial charge in [0, 0.05) is 25.0 Å². The van der Waals surface area contributed by atoms with E-state index in [1.807, 2.05) is 43.4 Å². The molecule has 0 atom stereocenters. The molecule has 0 bridgehead atoms. The first-order chi connectivity index (χ1) is 8.56. The molecule has 0 radical (unpaired) electrons. The van der Waals surface area contributed by atoms with Gasteiger partial charge in [-0.1, -0.05) is 18.2 Å². The van der Waals surface area contributed by atoms with Crippen LogP contribution in [0.2, 0.25) is 0 Å². The number of hydrogen-bond donors (Lipinski definition) is 1. The van der Waals surface area contributed by atoms with Crippen molar-refractivity contribution in [3.63, 3.8) is 0 Å². The summed E-state index contributed by atoms with van der Waals surface area (Å²) in [6, 6.07) is 12.9. The molecule has 94 valence electrons. The van der Waals surface area contributed by atoms with Gasteiger partial charge in [-0.3, -0.25) is 0 Å². The van der Waals surface area contributed by atoms with Gasteiger partial charge in [0.1, 0.15) is 5.82 Å². The molecule has 18 heavy (non-hydrogen) atoms. The van der Waals surface area contributed by atoms with Crippen LogP contribution in [0.3, 0.4) is 0 Å². The molecule has 2 N–H and O–H groups in total. The van der Waals surface area contributed by atoms with Crippen molar-refractivity contribution in [3.8, 4) is 0 Å². The lowest BCUT2D eigenvalue weighted by Crippen LogP contribution is -2.16. The Morgan fingerprint density at radius 1 is 1.17 bits per heavy atom. The zero-order chi connectivity index (χ0) is 13.1. The largest absolute Gasteiger partial charge is 0.399 e. The summed E-state index contributed by atoms with van der Waals surface area (Å²) >= 11 is 0. The lowest BCUT2D eigenvalue weighted by atomic mass is 10.1. The molecule has 0 fully saturated rings. The molecule has 2 rings (SSSR count). The zero-order valence-electron chi connectivity index (χ0n) is 10.7. The molecular formula is C15H17FN2. The van der Waals surface area contributed by atoms with E-state index in [9.17, 15) is 4.39 Å². The van der Waals surface area contributed by atoms with Gasteiger partial charge in [0.05, 0.1) is 0 Å². The fraction of sp³-hybridized carbons (Fsp3) is 0.200. The number of hydrogen-bond acceptors (Lipinski definition) is 2. The van der Waals surface area contributed by atoms with E-state index in [1.165, 1.54) is 6.07 Å². The maximum absolute atomic E-state index is 13.2. The Kier molecular flexibility index (Phi) is 3.51. The van der Waals surface area contributed by atoms with Gasteiger partial charge < -0.3 is 10.6 Å². The highest BCUT2D eigenvalue weighted by Gasteiger charge is 2.04. The quantitative estimate of drug-likeness (QED) is 0.839. The third kappa shape index (κ3) is 2.80. The molecule has 0 heterocycles. The fourth-order valence-corrected chi connectivity index (χ4v) is 1.93. The molecule has 0 saturated heterocycles. The van der Waals surface area contributed by atoms with Crippen LogP contribution in [0, 0.1) is 12.7 Å². The fourth-order valence-electron chi connectivity index (χ4n) is 1.93. The summed E-state index contributed by atoms with van der Waals surface area (Å²) in [6.07, 6.45) is 0. The van der Waals surface area contributed by atoms with Gasteiger partial charge in [0.2, 0.25) is 0 Å². The van der Waals surface area contributed by atoms with Gasteiger partial charge in [-0.05, 0) is 42.3 Å². The minimum absolute atomic E-state index is 0.162. The average molecular weight is 244 g/mol. The van der Waals surface area contributed by atoms with Crippen LogP contribution in [0.15, 0.2) is 42.5 Å². The summed E-state index contributed by atoms with van der Waals surface area (Å²) in [5.74, 6) is -0.162. The number of rotatable bonds is 3. The van der Waals surface area contributed by atoms with Gasteiger partial charge in [-0.2, -0.15) is 0 Å². The molecule has 0 aliphatic rings. The number of nitrogens with zero attached hydrogens (tertiary/aromatic N) is 1. The van der Waals surface area contributed by atoms with Crippen molar-refractivity contribution in [2.75, 3.05) is 17.7 Å². The molecule has 2 aromatic rings. The Morgan fingerprint density at radius 2 is 1.94 bits per heavy atom. The highest BCUT2D eigenvalue weighted by molar-refractivity contribution is 5.55. The van der Waals surface area contributed by atoms with Crippen molar-refractivity contribution < 1.29 is 4.39 Å². The van der Waals surface area contributed by atoms with E-state index >= 15 is 0 Å². The Labute approximate surface area is 107 Å². The highest BCUT2D eigenvalue weighted by Crippen LogP contribution is 2.19. The van der Waals surface area contributed by atoms with Crippen molar-refractivity contribution in [1.29, 1.82) is 0 Å². The minimum atomic E-state index is -0.162. The molecule has 0 aromatic heterocycles. The minimum Gasteiger partial charge on any atom is -0.399 e. The molecular weight excluding hydrogens is 227 g/mol. The van der Waals surface area contributed by atoms with E-state index < -0.39 is 0 Å². The third-order valence-corrected chi connectivity index (χ3v) is 2.95. The molecule has 0 aliphatic carbocycles. The summed E-state index contributed by atoms with van der Waals surface area (Å²) in [5, 5.41) is 0. The SMILES string of the molecule is Cc1cc(CN(C)c2cccc(N)c2)ccc1F. The van der Waals surface area contributed by atoms with Crippen molar-refractivity contribution in [2.45, 2.75) is 13.5 Å². The topological polar surface area (TPSA) is 29.3 Å². The molecule has 0 unspecified atom stereocenters. The molecule has 0 aliphatic heterocycles. The van der Waals surface area contributed by atoms with Crippen LogP contribution in [0.25, 0.3) is 0 Å². The lowest BCUT2D eigenvalue weighted by molar-refractivity contribution is 0.617. The number of benzene rings is 2. The first kappa shape index (κ1) is 12.4. The standard InChI is InChI=1S/C15H17FN2/c1-11-8-12(6-7-15(11)16)10-18(2)14-5-3-4-13(17)9-14/h3-9H,10,17H2,1-2H3. The van der Waals surface area contributed by atoms with Crippen LogP contribution in [0.1, 0.15) is 11.1 Å². The Morgan fingerprint density at radius 3 is 2.61 bits per heavy atom. The maximum Gasteiger partial charge on any atom is 0.126 e. The van der Waals surface area contributed by atoms with E-state index in [4.69, 9.17) is 5.73 Å². The zero-order valence-corrected chi connectivity index (χ0v) is 10.7. The summed E-state index contributed by atoms with van der Waals surface area (Å²) in [4.78, 5) is 2.09. The summed E-state index contributed by atoms with van der Waals surface area (Å²) < 4.78 is 13.2. The lowest BCUT2D eigenvalue weighted by Gasteiger charge is -2.20.